The van der Waals surface area contributed by atoms with Crippen LogP contribution in [0.3, 0.4) is 0 Å². The van der Waals surface area contributed by atoms with Gasteiger partial charge in [-0.1, -0.05) is 13.3 Å². The molecule has 0 fully saturated rings. The molecule has 64 valence electrons. The molecule has 0 aliphatic heterocycles. The first-order valence-electron chi connectivity index (χ1n) is 4.35. The minimum absolute atomic E-state index is 0.165. The van der Waals surface area contributed by atoms with Crippen LogP contribution in [-0.4, -0.2) is 6.04 Å². The van der Waals surface area contributed by atoms with Crippen molar-refractivity contribution in [3.05, 3.63) is 0 Å². The van der Waals surface area contributed by atoms with Gasteiger partial charge in [-0.2, -0.15) is 5.26 Å². The summed E-state index contributed by atoms with van der Waals surface area (Å²) in [5, 5.41) is 8.49. The van der Waals surface area contributed by atoms with Crippen molar-refractivity contribution in [1.82, 2.24) is 0 Å². The van der Waals surface area contributed by atoms with Crippen molar-refractivity contribution in [2.45, 2.75) is 45.6 Å². The molecular formula is C9H18N2. The Morgan fingerprint density at radius 1 is 1.36 bits per heavy atom. The zero-order valence-corrected chi connectivity index (χ0v) is 7.51. The van der Waals surface area contributed by atoms with Crippen LogP contribution in [-0.2, 0) is 0 Å². The third kappa shape index (κ3) is 5.87. The molecule has 0 aromatic rings. The summed E-state index contributed by atoms with van der Waals surface area (Å²) < 4.78 is 0. The van der Waals surface area contributed by atoms with Crippen molar-refractivity contribution >= 4 is 0 Å². The molecule has 0 bridgehead atoms. The summed E-state index contributed by atoms with van der Waals surface area (Å²) in [6, 6.07) is 2.51. The van der Waals surface area contributed by atoms with Gasteiger partial charge in [0.25, 0.3) is 0 Å². The number of nitrogens with two attached hydrogens (primary N) is 1. The highest BCUT2D eigenvalue weighted by atomic mass is 14.6. The van der Waals surface area contributed by atoms with Gasteiger partial charge in [0.15, 0.2) is 0 Å². The van der Waals surface area contributed by atoms with Gasteiger partial charge in [-0.3, -0.25) is 0 Å². The van der Waals surface area contributed by atoms with Gasteiger partial charge in [-0.05, 0) is 26.2 Å². The average Bonchev–Trinajstić information content (AvgIpc) is 2.01. The molecule has 0 spiro atoms. The molecule has 2 N–H and O–H groups in total. The topological polar surface area (TPSA) is 49.8 Å². The van der Waals surface area contributed by atoms with E-state index in [0.717, 1.165) is 25.7 Å². The highest BCUT2D eigenvalue weighted by Crippen LogP contribution is 2.08. The summed E-state index contributed by atoms with van der Waals surface area (Å²) in [5.41, 5.74) is 5.78. The molecule has 0 radical (unpaired) electrons. The molecule has 0 aliphatic rings. The van der Waals surface area contributed by atoms with E-state index in [-0.39, 0.29) is 5.92 Å². The van der Waals surface area contributed by atoms with Crippen molar-refractivity contribution in [2.75, 3.05) is 0 Å². The van der Waals surface area contributed by atoms with Gasteiger partial charge in [-0.25, -0.2) is 0 Å². The lowest BCUT2D eigenvalue weighted by Crippen LogP contribution is -2.19. The Kier molecular flexibility index (Phi) is 5.87. The number of nitrogens with zero attached hydrogens (tertiary/aromatic N) is 1. The maximum atomic E-state index is 8.49. The maximum absolute atomic E-state index is 8.49. The normalized spacial score (nSPS) is 15.5. The predicted molar refractivity (Wildman–Crippen MR) is 46.9 cm³/mol. The minimum Gasteiger partial charge on any atom is -0.328 e. The van der Waals surface area contributed by atoms with Crippen molar-refractivity contribution in [1.29, 1.82) is 5.26 Å². The van der Waals surface area contributed by atoms with E-state index in [9.17, 15) is 0 Å². The molecule has 0 saturated carbocycles. The van der Waals surface area contributed by atoms with Crippen LogP contribution in [0.5, 0.6) is 0 Å². The summed E-state index contributed by atoms with van der Waals surface area (Å²) in [6.07, 6.45) is 4.15. The Hall–Kier alpha value is -0.550. The zero-order chi connectivity index (χ0) is 8.69. The second kappa shape index (κ2) is 6.18. The lowest BCUT2D eigenvalue weighted by molar-refractivity contribution is 0.502. The summed E-state index contributed by atoms with van der Waals surface area (Å²) in [5.74, 6) is 0.165. The van der Waals surface area contributed by atoms with Crippen molar-refractivity contribution in [3.8, 4) is 6.07 Å². The number of nitriles is 1. The lowest BCUT2D eigenvalue weighted by Gasteiger charge is -2.09. The zero-order valence-electron chi connectivity index (χ0n) is 7.51. The van der Waals surface area contributed by atoms with Gasteiger partial charge >= 0.3 is 0 Å². The highest BCUT2D eigenvalue weighted by Gasteiger charge is 2.04. The first-order valence-corrected chi connectivity index (χ1v) is 4.35. The van der Waals surface area contributed by atoms with Crippen LogP contribution < -0.4 is 5.73 Å². The van der Waals surface area contributed by atoms with E-state index < -0.39 is 0 Å². The van der Waals surface area contributed by atoms with Crippen molar-refractivity contribution in [3.63, 3.8) is 0 Å². The molecule has 2 unspecified atom stereocenters. The van der Waals surface area contributed by atoms with Crippen LogP contribution in [0.2, 0.25) is 0 Å². The Morgan fingerprint density at radius 3 is 2.45 bits per heavy atom. The molecule has 2 heteroatoms. The fraction of sp³-hybridized carbons (Fsp3) is 0.889. The van der Waals surface area contributed by atoms with Crippen LogP contribution in [0.4, 0.5) is 0 Å². The summed E-state index contributed by atoms with van der Waals surface area (Å²) in [7, 11) is 0. The van der Waals surface area contributed by atoms with Crippen LogP contribution in [0, 0.1) is 17.2 Å². The van der Waals surface area contributed by atoms with Gasteiger partial charge in [0, 0.05) is 12.0 Å². The molecule has 0 aliphatic carbocycles. The Bertz CT molecular complexity index is 126. The first kappa shape index (κ1) is 10.4. The second-order valence-corrected chi connectivity index (χ2v) is 3.16. The van der Waals surface area contributed by atoms with E-state index in [1.165, 1.54) is 0 Å². The smallest absolute Gasteiger partial charge is 0.0652 e. The van der Waals surface area contributed by atoms with Gasteiger partial charge in [0.1, 0.15) is 0 Å². The quantitative estimate of drug-likeness (QED) is 0.659. The SMILES string of the molecule is CCCC(N)CCC(C)C#N. The molecule has 0 amide bonds. The Labute approximate surface area is 69.4 Å². The van der Waals surface area contributed by atoms with E-state index in [0.29, 0.717) is 6.04 Å². The second-order valence-electron chi connectivity index (χ2n) is 3.16. The van der Waals surface area contributed by atoms with Crippen LogP contribution >= 0.6 is 0 Å². The third-order valence-corrected chi connectivity index (χ3v) is 1.85. The van der Waals surface area contributed by atoms with Gasteiger partial charge in [0.05, 0.1) is 6.07 Å². The predicted octanol–water partition coefficient (Wildman–Crippen LogP) is 2.05. The van der Waals surface area contributed by atoms with E-state index in [1.54, 1.807) is 0 Å². The molecule has 0 aromatic carbocycles. The van der Waals surface area contributed by atoms with Crippen molar-refractivity contribution < 1.29 is 0 Å². The fourth-order valence-corrected chi connectivity index (χ4v) is 1.04. The van der Waals surface area contributed by atoms with Crippen molar-refractivity contribution in [2.24, 2.45) is 11.7 Å². The summed E-state index contributed by atoms with van der Waals surface area (Å²) in [4.78, 5) is 0. The van der Waals surface area contributed by atoms with E-state index >= 15 is 0 Å². The molecule has 11 heavy (non-hydrogen) atoms. The molecular weight excluding hydrogens is 136 g/mol. The van der Waals surface area contributed by atoms with Crippen LogP contribution in [0.1, 0.15) is 39.5 Å². The molecule has 0 aromatic heterocycles. The minimum atomic E-state index is 0.165. The third-order valence-electron chi connectivity index (χ3n) is 1.85. The van der Waals surface area contributed by atoms with Crippen LogP contribution in [0.15, 0.2) is 0 Å². The molecule has 0 saturated heterocycles. The van der Waals surface area contributed by atoms with Crippen LogP contribution in [0.25, 0.3) is 0 Å². The maximum Gasteiger partial charge on any atom is 0.0652 e. The molecule has 2 atom stereocenters. The first-order chi connectivity index (χ1) is 5.20. The molecule has 0 rings (SSSR count). The molecule has 2 nitrogen and oxygen atoms in total. The fourth-order valence-electron chi connectivity index (χ4n) is 1.04. The number of rotatable bonds is 5. The summed E-state index contributed by atoms with van der Waals surface area (Å²) in [6.45, 7) is 4.08. The Balaban J connectivity index is 3.31. The van der Waals surface area contributed by atoms with E-state index in [1.807, 2.05) is 6.92 Å². The van der Waals surface area contributed by atoms with Gasteiger partial charge in [0.2, 0.25) is 0 Å². The van der Waals surface area contributed by atoms with E-state index in [2.05, 4.69) is 13.0 Å². The van der Waals surface area contributed by atoms with Gasteiger partial charge < -0.3 is 5.73 Å². The highest BCUT2D eigenvalue weighted by molar-refractivity contribution is 4.79. The Morgan fingerprint density at radius 2 is 2.00 bits per heavy atom. The standard InChI is InChI=1S/C9H18N2/c1-3-4-9(11)6-5-8(2)7-10/h8-9H,3-6,11H2,1-2H3. The van der Waals surface area contributed by atoms with Gasteiger partial charge in [-0.15, -0.1) is 0 Å². The lowest BCUT2D eigenvalue weighted by atomic mass is 10.0. The average molecular weight is 154 g/mol. The number of hydrogen-bond acceptors (Lipinski definition) is 2. The van der Waals surface area contributed by atoms with E-state index in [4.69, 9.17) is 11.0 Å². The number of hydrogen-bond donors (Lipinski definition) is 1. The molecule has 0 heterocycles. The summed E-state index contributed by atoms with van der Waals surface area (Å²) >= 11 is 0. The monoisotopic (exact) mass is 154 g/mol. The largest absolute Gasteiger partial charge is 0.328 e.